The molecule has 0 saturated heterocycles. The Morgan fingerprint density at radius 2 is 2.40 bits per heavy atom. The Morgan fingerprint density at radius 1 is 1.60 bits per heavy atom. The second kappa shape index (κ2) is 6.38. The number of hydrogen-bond acceptors (Lipinski definition) is 4. The van der Waals surface area contributed by atoms with Crippen molar-refractivity contribution in [3.05, 3.63) is 41.6 Å². The molecule has 0 aromatic carbocycles. The molecule has 2 aromatic heterocycles. The van der Waals surface area contributed by atoms with E-state index < -0.39 is 6.04 Å². The van der Waals surface area contributed by atoms with Gasteiger partial charge in [0.25, 0.3) is 0 Å². The zero-order valence-corrected chi connectivity index (χ0v) is 11.7. The fourth-order valence-corrected chi connectivity index (χ4v) is 2.11. The second-order valence-corrected chi connectivity index (χ2v) is 4.73. The first-order valence-electron chi connectivity index (χ1n) is 6.53. The van der Waals surface area contributed by atoms with Crippen LogP contribution in [0.15, 0.2) is 29.0 Å². The minimum atomic E-state index is -0.493. The summed E-state index contributed by atoms with van der Waals surface area (Å²) in [5.74, 6) is 0.433. The van der Waals surface area contributed by atoms with Gasteiger partial charge in [0.15, 0.2) is 0 Å². The molecule has 2 rings (SSSR count). The molecule has 0 fully saturated rings. The van der Waals surface area contributed by atoms with Crippen molar-refractivity contribution in [3.8, 4) is 0 Å². The standard InChI is InChI=1S/C14H19N3O3/c1-10-11(8-17(2)16-10)5-6-14(19)15-12(9-18)13-4-3-7-20-13/h3-4,7-8,12,18H,5-6,9H2,1-2H3,(H,15,19). The number of amides is 1. The molecule has 0 aliphatic rings. The van der Waals surface area contributed by atoms with E-state index in [-0.39, 0.29) is 12.5 Å². The highest BCUT2D eigenvalue weighted by Gasteiger charge is 2.16. The van der Waals surface area contributed by atoms with Crippen LogP contribution in [0, 0.1) is 6.92 Å². The lowest BCUT2D eigenvalue weighted by Crippen LogP contribution is -2.30. The normalized spacial score (nSPS) is 12.3. The van der Waals surface area contributed by atoms with Crippen molar-refractivity contribution in [2.45, 2.75) is 25.8 Å². The fraction of sp³-hybridized carbons (Fsp3) is 0.429. The van der Waals surface area contributed by atoms with Crippen molar-refractivity contribution in [3.63, 3.8) is 0 Å². The summed E-state index contributed by atoms with van der Waals surface area (Å²) in [7, 11) is 1.86. The van der Waals surface area contributed by atoms with Crippen LogP contribution < -0.4 is 5.32 Å². The molecular weight excluding hydrogens is 258 g/mol. The summed E-state index contributed by atoms with van der Waals surface area (Å²) in [6, 6.07) is 2.96. The highest BCUT2D eigenvalue weighted by atomic mass is 16.3. The Bertz CT molecular complexity index is 560. The number of furan rings is 1. The molecule has 0 aliphatic heterocycles. The van der Waals surface area contributed by atoms with E-state index in [1.54, 1.807) is 16.8 Å². The van der Waals surface area contributed by atoms with E-state index in [0.717, 1.165) is 11.3 Å². The number of aliphatic hydroxyl groups excluding tert-OH is 1. The largest absolute Gasteiger partial charge is 0.467 e. The van der Waals surface area contributed by atoms with Gasteiger partial charge >= 0.3 is 0 Å². The minimum Gasteiger partial charge on any atom is -0.467 e. The number of hydrogen-bond donors (Lipinski definition) is 2. The van der Waals surface area contributed by atoms with Gasteiger partial charge in [-0.15, -0.1) is 0 Å². The summed E-state index contributed by atoms with van der Waals surface area (Å²) in [5, 5.41) is 16.3. The summed E-state index contributed by atoms with van der Waals surface area (Å²) >= 11 is 0. The van der Waals surface area contributed by atoms with E-state index in [1.165, 1.54) is 6.26 Å². The molecule has 1 atom stereocenters. The average molecular weight is 277 g/mol. The van der Waals surface area contributed by atoms with Gasteiger partial charge in [0, 0.05) is 19.7 Å². The van der Waals surface area contributed by atoms with Crippen LogP contribution in [0.25, 0.3) is 0 Å². The van der Waals surface area contributed by atoms with E-state index in [2.05, 4.69) is 10.4 Å². The number of rotatable bonds is 6. The van der Waals surface area contributed by atoms with Gasteiger partial charge in [-0.25, -0.2) is 0 Å². The first-order chi connectivity index (χ1) is 9.60. The zero-order chi connectivity index (χ0) is 14.5. The molecule has 2 N–H and O–H groups in total. The van der Waals surface area contributed by atoms with Crippen LogP contribution >= 0.6 is 0 Å². The molecular formula is C14H19N3O3. The van der Waals surface area contributed by atoms with Crippen LogP contribution in [0.2, 0.25) is 0 Å². The molecule has 108 valence electrons. The maximum Gasteiger partial charge on any atom is 0.220 e. The molecule has 6 heteroatoms. The van der Waals surface area contributed by atoms with Crippen LogP contribution in [0.4, 0.5) is 0 Å². The number of carbonyl (C=O) groups excluding carboxylic acids is 1. The third-order valence-corrected chi connectivity index (χ3v) is 3.14. The van der Waals surface area contributed by atoms with E-state index in [9.17, 15) is 9.90 Å². The zero-order valence-electron chi connectivity index (χ0n) is 11.7. The third kappa shape index (κ3) is 3.48. The van der Waals surface area contributed by atoms with Crippen molar-refractivity contribution >= 4 is 5.91 Å². The lowest BCUT2D eigenvalue weighted by atomic mass is 10.1. The summed E-state index contributed by atoms with van der Waals surface area (Å²) in [6.07, 6.45) is 4.41. The number of aliphatic hydroxyl groups is 1. The molecule has 1 unspecified atom stereocenters. The Balaban J connectivity index is 1.87. The topological polar surface area (TPSA) is 80.3 Å². The molecule has 1 amide bonds. The molecule has 0 radical (unpaired) electrons. The van der Waals surface area contributed by atoms with Crippen molar-refractivity contribution in [1.82, 2.24) is 15.1 Å². The summed E-state index contributed by atoms with van der Waals surface area (Å²) in [6.45, 7) is 1.73. The number of carbonyl (C=O) groups is 1. The summed E-state index contributed by atoms with van der Waals surface area (Å²) in [4.78, 5) is 11.9. The summed E-state index contributed by atoms with van der Waals surface area (Å²) < 4.78 is 6.92. The maximum atomic E-state index is 11.9. The Morgan fingerprint density at radius 3 is 2.95 bits per heavy atom. The van der Waals surface area contributed by atoms with Gasteiger partial charge in [-0.3, -0.25) is 9.48 Å². The monoisotopic (exact) mass is 277 g/mol. The van der Waals surface area contributed by atoms with Crippen LogP contribution in [0.5, 0.6) is 0 Å². The molecule has 0 aliphatic carbocycles. The van der Waals surface area contributed by atoms with E-state index >= 15 is 0 Å². The molecule has 0 saturated carbocycles. The SMILES string of the molecule is Cc1nn(C)cc1CCC(=O)NC(CO)c1ccco1. The number of nitrogens with one attached hydrogen (secondary N) is 1. The summed E-state index contributed by atoms with van der Waals surface area (Å²) in [5.41, 5.74) is 1.99. The predicted octanol–water partition coefficient (Wildman–Crippen LogP) is 1.10. The quantitative estimate of drug-likeness (QED) is 0.828. The van der Waals surface area contributed by atoms with Gasteiger partial charge in [-0.1, -0.05) is 0 Å². The fourth-order valence-electron chi connectivity index (χ4n) is 2.11. The molecule has 20 heavy (non-hydrogen) atoms. The second-order valence-electron chi connectivity index (χ2n) is 4.73. The number of nitrogens with zero attached hydrogens (tertiary/aromatic N) is 2. The average Bonchev–Trinajstić information content (AvgIpc) is 3.03. The van der Waals surface area contributed by atoms with Crippen molar-refractivity contribution in [2.75, 3.05) is 6.61 Å². The lowest BCUT2D eigenvalue weighted by molar-refractivity contribution is -0.122. The number of aromatic nitrogens is 2. The lowest BCUT2D eigenvalue weighted by Gasteiger charge is -2.13. The maximum absolute atomic E-state index is 11.9. The van der Waals surface area contributed by atoms with Gasteiger partial charge in [0.05, 0.1) is 18.6 Å². The van der Waals surface area contributed by atoms with E-state index in [4.69, 9.17) is 4.42 Å². The van der Waals surface area contributed by atoms with Crippen LogP contribution in [0.3, 0.4) is 0 Å². The third-order valence-electron chi connectivity index (χ3n) is 3.14. The highest BCUT2D eigenvalue weighted by Crippen LogP contribution is 2.13. The molecule has 6 nitrogen and oxygen atoms in total. The van der Waals surface area contributed by atoms with Crippen molar-refractivity contribution < 1.29 is 14.3 Å². The molecule has 0 bridgehead atoms. The first-order valence-corrected chi connectivity index (χ1v) is 6.53. The minimum absolute atomic E-state index is 0.122. The molecule has 2 heterocycles. The smallest absolute Gasteiger partial charge is 0.220 e. The Labute approximate surface area is 117 Å². The van der Waals surface area contributed by atoms with Gasteiger partial charge in [0.1, 0.15) is 11.8 Å². The van der Waals surface area contributed by atoms with E-state index in [1.807, 2.05) is 20.2 Å². The highest BCUT2D eigenvalue weighted by molar-refractivity contribution is 5.76. The Hall–Kier alpha value is -2.08. The van der Waals surface area contributed by atoms with Crippen molar-refractivity contribution in [1.29, 1.82) is 0 Å². The molecule has 0 spiro atoms. The van der Waals surface area contributed by atoms with Crippen molar-refractivity contribution in [2.24, 2.45) is 7.05 Å². The van der Waals surface area contributed by atoms with Crippen LogP contribution in [0.1, 0.15) is 29.5 Å². The van der Waals surface area contributed by atoms with Gasteiger partial charge < -0.3 is 14.8 Å². The predicted molar refractivity (Wildman–Crippen MR) is 72.9 cm³/mol. The van der Waals surface area contributed by atoms with E-state index in [0.29, 0.717) is 18.6 Å². The Kier molecular flexibility index (Phi) is 4.57. The van der Waals surface area contributed by atoms with Gasteiger partial charge in [-0.2, -0.15) is 5.10 Å². The van der Waals surface area contributed by atoms with Gasteiger partial charge in [0.2, 0.25) is 5.91 Å². The number of aryl methyl sites for hydroxylation is 3. The van der Waals surface area contributed by atoms with Crippen LogP contribution in [-0.2, 0) is 18.3 Å². The first kappa shape index (κ1) is 14.3. The van der Waals surface area contributed by atoms with Crippen LogP contribution in [-0.4, -0.2) is 27.4 Å². The molecule has 2 aromatic rings. The van der Waals surface area contributed by atoms with Gasteiger partial charge in [-0.05, 0) is 31.0 Å².